The number of nitrogens with zero attached hydrogens (tertiary/aromatic N) is 1. The molecule has 1 unspecified atom stereocenters. The van der Waals surface area contributed by atoms with Crippen molar-refractivity contribution in [2.24, 2.45) is 5.41 Å². The van der Waals surface area contributed by atoms with Crippen molar-refractivity contribution in [1.82, 2.24) is 14.6 Å². The van der Waals surface area contributed by atoms with E-state index in [4.69, 9.17) is 13.8 Å². The van der Waals surface area contributed by atoms with Crippen LogP contribution in [0.2, 0.25) is 0 Å². The van der Waals surface area contributed by atoms with Gasteiger partial charge < -0.3 is 20.1 Å². The SMILES string of the molecule is CO[C@](CF)(COP(=O)(NCc1ccccc1)OCCSC(=O)C(C)(C)CO)[C@@H](O)[C@@](C)(O)n1ccc(=O)[nH]c1=O. The van der Waals surface area contributed by atoms with Crippen LogP contribution in [-0.2, 0) is 35.4 Å². The summed E-state index contributed by atoms with van der Waals surface area (Å²) in [6, 6.07) is 9.70. The predicted octanol–water partition coefficient (Wildman–Crippen LogP) is 1.13. The summed E-state index contributed by atoms with van der Waals surface area (Å²) in [5.74, 6) is 0.0492. The molecule has 2 aromatic rings. The Balaban J connectivity index is 2.26. The van der Waals surface area contributed by atoms with Gasteiger partial charge in [-0.3, -0.25) is 28.2 Å². The zero-order valence-corrected chi connectivity index (χ0v) is 25.0. The minimum atomic E-state index is -4.27. The van der Waals surface area contributed by atoms with E-state index < -0.39 is 55.1 Å². The molecule has 13 nitrogen and oxygen atoms in total. The van der Waals surface area contributed by atoms with Crippen LogP contribution < -0.4 is 16.3 Å². The van der Waals surface area contributed by atoms with E-state index in [2.05, 4.69) is 5.09 Å². The lowest BCUT2D eigenvalue weighted by atomic mass is 9.90. The van der Waals surface area contributed by atoms with Gasteiger partial charge in [0.1, 0.15) is 12.8 Å². The van der Waals surface area contributed by atoms with Crippen LogP contribution in [-0.4, -0.2) is 81.0 Å². The van der Waals surface area contributed by atoms with Crippen molar-refractivity contribution in [3.63, 3.8) is 0 Å². The second-order valence-electron chi connectivity index (χ2n) is 9.98. The molecule has 5 N–H and O–H groups in total. The van der Waals surface area contributed by atoms with E-state index in [-0.39, 0.29) is 30.6 Å². The largest absolute Gasteiger partial charge is 0.405 e. The molecule has 230 valence electrons. The number of halogens is 1. The van der Waals surface area contributed by atoms with Gasteiger partial charge in [0.05, 0.1) is 25.2 Å². The molecule has 0 aliphatic carbocycles. The van der Waals surface area contributed by atoms with Gasteiger partial charge in [0.25, 0.3) is 5.56 Å². The van der Waals surface area contributed by atoms with Crippen LogP contribution in [0.3, 0.4) is 0 Å². The zero-order valence-electron chi connectivity index (χ0n) is 23.2. The molecular weight excluding hydrogens is 584 g/mol. The van der Waals surface area contributed by atoms with Crippen LogP contribution in [0.25, 0.3) is 0 Å². The Hall–Kier alpha value is -2.20. The summed E-state index contributed by atoms with van der Waals surface area (Å²) in [4.78, 5) is 37.9. The maximum Gasteiger partial charge on any atom is 0.405 e. The Kier molecular flexibility index (Phi) is 12.6. The molecule has 0 spiro atoms. The maximum atomic E-state index is 14.5. The number of aromatic amines is 1. The fraction of sp³-hybridized carbons (Fsp3) is 0.560. The molecule has 0 bridgehead atoms. The van der Waals surface area contributed by atoms with E-state index in [0.29, 0.717) is 10.1 Å². The quantitative estimate of drug-likeness (QED) is 0.125. The van der Waals surface area contributed by atoms with E-state index in [1.54, 1.807) is 44.2 Å². The molecule has 16 heteroatoms. The summed E-state index contributed by atoms with van der Waals surface area (Å²) < 4.78 is 45.0. The number of aliphatic hydroxyl groups is 3. The van der Waals surface area contributed by atoms with Crippen molar-refractivity contribution in [1.29, 1.82) is 0 Å². The van der Waals surface area contributed by atoms with Gasteiger partial charge >= 0.3 is 13.4 Å². The van der Waals surface area contributed by atoms with Gasteiger partial charge in [-0.05, 0) is 26.3 Å². The second kappa shape index (κ2) is 14.8. The van der Waals surface area contributed by atoms with Crippen molar-refractivity contribution in [2.45, 2.75) is 44.7 Å². The zero-order chi connectivity index (χ0) is 30.9. The average molecular weight is 622 g/mol. The summed E-state index contributed by atoms with van der Waals surface area (Å²) in [7, 11) is -3.25. The molecule has 0 aliphatic rings. The Bertz CT molecular complexity index is 1300. The maximum absolute atomic E-state index is 14.5. The number of H-pyrrole nitrogens is 1. The number of rotatable bonds is 17. The van der Waals surface area contributed by atoms with Gasteiger partial charge in [-0.2, -0.15) is 0 Å². The van der Waals surface area contributed by atoms with Crippen LogP contribution in [0.4, 0.5) is 4.39 Å². The molecule has 4 atom stereocenters. The molecule has 0 fully saturated rings. The van der Waals surface area contributed by atoms with Gasteiger partial charge in [-0.15, -0.1) is 0 Å². The summed E-state index contributed by atoms with van der Waals surface area (Å²) in [5.41, 5.74) is -7.00. The van der Waals surface area contributed by atoms with E-state index in [1.165, 1.54) is 0 Å². The third-order valence-electron chi connectivity index (χ3n) is 6.28. The summed E-state index contributed by atoms with van der Waals surface area (Å²) in [5, 5.41) is 33.8. The first-order chi connectivity index (χ1) is 19.2. The molecule has 0 saturated heterocycles. The van der Waals surface area contributed by atoms with Crippen LogP contribution in [0, 0.1) is 5.41 Å². The number of alkyl halides is 1. The van der Waals surface area contributed by atoms with Crippen LogP contribution >= 0.6 is 19.5 Å². The standard InChI is InChI=1S/C25H37FN3O10PS/c1-23(2,16-30)21(33)41-13-12-38-40(36,27-14-18-8-6-5-7-9-18)39-17-25(15-26,37-4)20(32)24(3,35)29-11-10-19(31)28-22(29)34/h5-11,20,30,32,35H,12-17H2,1-4H3,(H,27,36)(H,28,31,34)/t20-,24+,25+,40?/m0/s1. The lowest BCUT2D eigenvalue weighted by Crippen LogP contribution is -2.62. The molecule has 41 heavy (non-hydrogen) atoms. The summed E-state index contributed by atoms with van der Waals surface area (Å²) in [6.07, 6.45) is -1.28. The smallest absolute Gasteiger partial charge is 0.395 e. The van der Waals surface area contributed by atoms with Crippen molar-refractivity contribution in [3.8, 4) is 0 Å². The van der Waals surface area contributed by atoms with Crippen LogP contribution in [0.15, 0.2) is 52.2 Å². The number of aliphatic hydroxyl groups excluding tert-OH is 2. The lowest BCUT2D eigenvalue weighted by molar-refractivity contribution is -0.226. The number of methoxy groups -OCH3 is 1. The van der Waals surface area contributed by atoms with Crippen LogP contribution in [0.1, 0.15) is 26.3 Å². The Labute approximate surface area is 240 Å². The number of ether oxygens (including phenoxy) is 1. The molecule has 1 aromatic heterocycles. The van der Waals surface area contributed by atoms with Gasteiger partial charge in [0.15, 0.2) is 16.4 Å². The fourth-order valence-corrected chi connectivity index (χ4v) is 5.76. The third kappa shape index (κ3) is 9.14. The van der Waals surface area contributed by atoms with Crippen LogP contribution in [0.5, 0.6) is 0 Å². The minimum Gasteiger partial charge on any atom is -0.395 e. The monoisotopic (exact) mass is 621 g/mol. The number of carbonyl (C=O) groups is 1. The predicted molar refractivity (Wildman–Crippen MR) is 150 cm³/mol. The Morgan fingerprint density at radius 1 is 1.20 bits per heavy atom. The molecule has 1 aromatic carbocycles. The molecule has 0 saturated carbocycles. The van der Waals surface area contributed by atoms with E-state index in [0.717, 1.165) is 38.1 Å². The Morgan fingerprint density at radius 2 is 1.85 bits per heavy atom. The molecule has 0 radical (unpaired) electrons. The number of carbonyl (C=O) groups excluding carboxylic acids is 1. The molecule has 2 rings (SSSR count). The highest BCUT2D eigenvalue weighted by Gasteiger charge is 2.51. The summed E-state index contributed by atoms with van der Waals surface area (Å²) in [6.45, 7) is 1.15. The second-order valence-corrected chi connectivity index (χ2v) is 12.9. The van der Waals surface area contributed by atoms with E-state index >= 15 is 0 Å². The highest BCUT2D eigenvalue weighted by Crippen LogP contribution is 2.46. The van der Waals surface area contributed by atoms with Gasteiger partial charge in [0, 0.05) is 31.7 Å². The van der Waals surface area contributed by atoms with Crippen molar-refractivity contribution in [3.05, 3.63) is 69.0 Å². The highest BCUT2D eigenvalue weighted by atomic mass is 32.2. The average Bonchev–Trinajstić information content (AvgIpc) is 2.95. The Morgan fingerprint density at radius 3 is 2.41 bits per heavy atom. The fourth-order valence-electron chi connectivity index (χ4n) is 3.48. The molecule has 0 aliphatic heterocycles. The number of benzene rings is 1. The van der Waals surface area contributed by atoms with Crippen molar-refractivity contribution < 1.29 is 42.9 Å². The topological polar surface area (TPSA) is 189 Å². The third-order valence-corrected chi connectivity index (χ3v) is 9.01. The molecule has 0 amide bonds. The minimum absolute atomic E-state index is 0.00435. The van der Waals surface area contributed by atoms with Gasteiger partial charge in [0.2, 0.25) is 0 Å². The van der Waals surface area contributed by atoms with Gasteiger partial charge in [-0.1, -0.05) is 42.1 Å². The van der Waals surface area contributed by atoms with Gasteiger partial charge in [-0.25, -0.2) is 18.8 Å². The first-order valence-electron chi connectivity index (χ1n) is 12.5. The highest BCUT2D eigenvalue weighted by molar-refractivity contribution is 8.13. The number of aromatic nitrogens is 2. The lowest BCUT2D eigenvalue weighted by Gasteiger charge is -2.42. The first kappa shape index (κ1) is 35.0. The number of nitrogens with one attached hydrogen (secondary N) is 2. The number of hydrogen-bond donors (Lipinski definition) is 5. The van der Waals surface area contributed by atoms with E-state index in [1.807, 2.05) is 4.98 Å². The summed E-state index contributed by atoms with van der Waals surface area (Å²) >= 11 is 0.860. The first-order valence-corrected chi connectivity index (χ1v) is 15.0. The molecular formula is C25H37FN3O10PS. The molecule has 1 heterocycles. The van der Waals surface area contributed by atoms with Crippen molar-refractivity contribution >= 4 is 24.6 Å². The number of thioether (sulfide) groups is 1. The normalized spacial score (nSPS) is 17.3. The number of hydrogen-bond acceptors (Lipinski definition) is 11. The van der Waals surface area contributed by atoms with Crippen molar-refractivity contribution in [2.75, 3.05) is 39.4 Å². The van der Waals surface area contributed by atoms with E-state index in [9.17, 15) is 38.7 Å².